The van der Waals surface area contributed by atoms with Gasteiger partial charge >= 0.3 is 11.7 Å². The van der Waals surface area contributed by atoms with E-state index >= 15 is 0 Å². The topological polar surface area (TPSA) is 172 Å². The SMILES string of the molecule is CCOC(=O)c1noc(COCc2ccc3ccccc3c2)c1/C(C)=N/Nc1ccc([N+](=O)[O-])cc1[N+](=O)[O-]. The molecule has 13 nitrogen and oxygen atoms in total. The second-order valence-electron chi connectivity index (χ2n) is 8.25. The Morgan fingerprint density at radius 2 is 1.79 bits per heavy atom. The Balaban J connectivity index is 1.57. The molecule has 200 valence electrons. The van der Waals surface area contributed by atoms with E-state index in [4.69, 9.17) is 14.0 Å². The molecule has 0 aliphatic rings. The van der Waals surface area contributed by atoms with Crippen LogP contribution in [0.15, 0.2) is 70.3 Å². The van der Waals surface area contributed by atoms with Gasteiger partial charge in [0.05, 0.1) is 40.4 Å². The van der Waals surface area contributed by atoms with Crippen molar-refractivity contribution in [1.29, 1.82) is 0 Å². The van der Waals surface area contributed by atoms with Crippen LogP contribution in [0.2, 0.25) is 0 Å². The van der Waals surface area contributed by atoms with Gasteiger partial charge in [0, 0.05) is 6.07 Å². The maximum absolute atomic E-state index is 12.5. The normalized spacial score (nSPS) is 11.4. The molecule has 0 radical (unpaired) electrons. The molecule has 1 aromatic heterocycles. The molecule has 13 heteroatoms. The monoisotopic (exact) mass is 533 g/mol. The third kappa shape index (κ3) is 6.22. The summed E-state index contributed by atoms with van der Waals surface area (Å²) in [5, 5.41) is 32.6. The molecule has 1 N–H and O–H groups in total. The minimum absolute atomic E-state index is 0.0564. The van der Waals surface area contributed by atoms with E-state index in [1.165, 1.54) is 13.0 Å². The summed E-state index contributed by atoms with van der Waals surface area (Å²) in [5.41, 5.74) is 2.64. The maximum Gasteiger partial charge on any atom is 0.361 e. The molecule has 39 heavy (non-hydrogen) atoms. The Morgan fingerprint density at radius 1 is 1.03 bits per heavy atom. The highest BCUT2D eigenvalue weighted by molar-refractivity contribution is 6.07. The molecule has 3 aromatic carbocycles. The number of nitro groups is 2. The number of aromatic nitrogens is 1. The van der Waals surface area contributed by atoms with Crippen molar-refractivity contribution in [3.8, 4) is 0 Å². The quantitative estimate of drug-likeness (QED) is 0.114. The number of nitro benzene ring substituents is 2. The van der Waals surface area contributed by atoms with E-state index in [2.05, 4.69) is 15.7 Å². The Kier molecular flexibility index (Phi) is 8.21. The molecule has 0 saturated heterocycles. The Hall–Kier alpha value is -5.17. The van der Waals surface area contributed by atoms with Crippen molar-refractivity contribution in [2.24, 2.45) is 5.10 Å². The van der Waals surface area contributed by atoms with Crippen LogP contribution in [0.5, 0.6) is 0 Å². The molecule has 0 bridgehead atoms. The van der Waals surface area contributed by atoms with Crippen LogP contribution in [-0.4, -0.2) is 33.3 Å². The second-order valence-corrected chi connectivity index (χ2v) is 8.25. The lowest BCUT2D eigenvalue weighted by atomic mass is 10.1. The van der Waals surface area contributed by atoms with Gasteiger partial charge in [-0.15, -0.1) is 0 Å². The number of carbonyl (C=O) groups excluding carboxylic acids is 1. The molecule has 0 atom stereocenters. The van der Waals surface area contributed by atoms with Crippen LogP contribution in [0.3, 0.4) is 0 Å². The van der Waals surface area contributed by atoms with Crippen LogP contribution in [0.1, 0.15) is 41.2 Å². The third-order valence-electron chi connectivity index (χ3n) is 5.64. The van der Waals surface area contributed by atoms with Crippen LogP contribution >= 0.6 is 0 Å². The van der Waals surface area contributed by atoms with Crippen molar-refractivity contribution in [1.82, 2.24) is 5.16 Å². The highest BCUT2D eigenvalue weighted by atomic mass is 16.6. The van der Waals surface area contributed by atoms with E-state index in [1.54, 1.807) is 6.92 Å². The number of non-ortho nitro benzene ring substituents is 1. The van der Waals surface area contributed by atoms with E-state index in [9.17, 15) is 25.0 Å². The standard InChI is InChI=1S/C26H23N5O8/c1-3-38-26(32)25-24(16(2)27-28-21-11-10-20(30(33)34)13-22(21)31(35)36)23(39-29-25)15-37-14-17-8-9-18-6-4-5-7-19(18)12-17/h4-13,28H,3,14-15H2,1-2H3/b27-16+. The fourth-order valence-electron chi connectivity index (χ4n) is 3.80. The van der Waals surface area contributed by atoms with E-state index in [0.29, 0.717) is 0 Å². The summed E-state index contributed by atoms with van der Waals surface area (Å²) in [4.78, 5) is 33.4. The fourth-order valence-corrected chi connectivity index (χ4v) is 3.80. The predicted octanol–water partition coefficient (Wildman–Crippen LogP) is 5.37. The van der Waals surface area contributed by atoms with Gasteiger partial charge in [-0.3, -0.25) is 25.7 Å². The summed E-state index contributed by atoms with van der Waals surface area (Å²) in [6.07, 6.45) is 0. The average Bonchev–Trinajstić information content (AvgIpc) is 3.35. The van der Waals surface area contributed by atoms with E-state index < -0.39 is 27.2 Å². The van der Waals surface area contributed by atoms with E-state index in [1.807, 2.05) is 42.5 Å². The van der Waals surface area contributed by atoms with Gasteiger partial charge in [0.1, 0.15) is 12.3 Å². The summed E-state index contributed by atoms with van der Waals surface area (Å²) in [6, 6.07) is 17.0. The number of nitrogens with zero attached hydrogens (tertiary/aromatic N) is 4. The summed E-state index contributed by atoms with van der Waals surface area (Å²) in [5.74, 6) is -0.548. The average molecular weight is 533 g/mol. The van der Waals surface area contributed by atoms with Crippen molar-refractivity contribution in [3.05, 3.63) is 103 Å². The number of esters is 1. The smallest absolute Gasteiger partial charge is 0.361 e. The first-order valence-electron chi connectivity index (χ1n) is 11.7. The first kappa shape index (κ1) is 26.9. The lowest BCUT2D eigenvalue weighted by molar-refractivity contribution is -0.393. The molecule has 0 aliphatic carbocycles. The summed E-state index contributed by atoms with van der Waals surface area (Å²) in [7, 11) is 0. The second kappa shape index (κ2) is 11.9. The van der Waals surface area contributed by atoms with Gasteiger partial charge in [-0.25, -0.2) is 4.79 Å². The van der Waals surface area contributed by atoms with Gasteiger partial charge in [-0.1, -0.05) is 41.6 Å². The number of anilines is 1. The molecular formula is C26H23N5O8. The molecule has 0 fully saturated rings. The van der Waals surface area contributed by atoms with Gasteiger partial charge in [-0.05, 0) is 42.3 Å². The molecule has 0 spiro atoms. The molecule has 4 aromatic rings. The number of rotatable bonds is 11. The number of nitrogens with one attached hydrogen (secondary N) is 1. The molecule has 0 aliphatic heterocycles. The zero-order valence-corrected chi connectivity index (χ0v) is 20.9. The van der Waals surface area contributed by atoms with Crippen LogP contribution in [-0.2, 0) is 22.7 Å². The van der Waals surface area contributed by atoms with E-state index in [-0.39, 0.29) is 48.2 Å². The molecular weight excluding hydrogens is 510 g/mol. The molecule has 0 unspecified atom stereocenters. The summed E-state index contributed by atoms with van der Waals surface area (Å²) >= 11 is 0. The third-order valence-corrected chi connectivity index (χ3v) is 5.64. The lowest BCUT2D eigenvalue weighted by Gasteiger charge is -2.08. The van der Waals surface area contributed by atoms with Gasteiger partial charge < -0.3 is 14.0 Å². The Labute approximate surface area is 221 Å². The van der Waals surface area contributed by atoms with Crippen molar-refractivity contribution in [2.45, 2.75) is 27.1 Å². The fraction of sp³-hybridized carbons (Fsp3) is 0.192. The first-order valence-corrected chi connectivity index (χ1v) is 11.7. The summed E-state index contributed by atoms with van der Waals surface area (Å²) < 4.78 is 16.3. The highest BCUT2D eigenvalue weighted by Crippen LogP contribution is 2.29. The van der Waals surface area contributed by atoms with Crippen molar-refractivity contribution in [2.75, 3.05) is 12.0 Å². The largest absolute Gasteiger partial charge is 0.461 e. The van der Waals surface area contributed by atoms with Gasteiger partial charge in [-0.2, -0.15) is 5.10 Å². The van der Waals surface area contributed by atoms with Gasteiger partial charge in [0.25, 0.3) is 5.69 Å². The Morgan fingerprint density at radius 3 is 2.51 bits per heavy atom. The van der Waals surface area contributed by atoms with Crippen LogP contribution in [0, 0.1) is 20.2 Å². The number of hydrogen-bond acceptors (Lipinski definition) is 11. The van der Waals surface area contributed by atoms with E-state index in [0.717, 1.165) is 28.5 Å². The Bertz CT molecular complexity index is 1580. The molecule has 1 heterocycles. The maximum atomic E-state index is 12.5. The lowest BCUT2D eigenvalue weighted by Crippen LogP contribution is -2.13. The summed E-state index contributed by atoms with van der Waals surface area (Å²) in [6.45, 7) is 3.47. The number of hydrazone groups is 1. The predicted molar refractivity (Wildman–Crippen MR) is 140 cm³/mol. The van der Waals surface area contributed by atoms with Crippen molar-refractivity contribution in [3.63, 3.8) is 0 Å². The zero-order chi connectivity index (χ0) is 27.9. The number of ether oxygens (including phenoxy) is 2. The number of hydrogen-bond donors (Lipinski definition) is 1. The minimum atomic E-state index is -0.768. The highest BCUT2D eigenvalue weighted by Gasteiger charge is 2.26. The van der Waals surface area contributed by atoms with Crippen LogP contribution < -0.4 is 5.43 Å². The minimum Gasteiger partial charge on any atom is -0.461 e. The molecule has 0 saturated carbocycles. The van der Waals surface area contributed by atoms with Gasteiger partial charge in [0.2, 0.25) is 5.69 Å². The first-order chi connectivity index (χ1) is 18.8. The molecule has 0 amide bonds. The van der Waals surface area contributed by atoms with Crippen LogP contribution in [0.4, 0.5) is 17.1 Å². The number of carbonyl (C=O) groups is 1. The number of fused-ring (bicyclic) bond motifs is 1. The molecule has 4 rings (SSSR count). The van der Waals surface area contributed by atoms with Crippen molar-refractivity contribution < 1.29 is 28.6 Å². The van der Waals surface area contributed by atoms with Crippen LogP contribution in [0.25, 0.3) is 10.8 Å². The number of benzene rings is 3. The zero-order valence-electron chi connectivity index (χ0n) is 20.9. The van der Waals surface area contributed by atoms with Gasteiger partial charge in [0.15, 0.2) is 5.76 Å². The van der Waals surface area contributed by atoms with Crippen molar-refractivity contribution >= 4 is 39.5 Å².